The second kappa shape index (κ2) is 8.82. The van der Waals surface area contributed by atoms with Crippen molar-refractivity contribution < 1.29 is 0 Å². The van der Waals surface area contributed by atoms with Gasteiger partial charge in [0, 0.05) is 5.92 Å². The quantitative estimate of drug-likeness (QED) is 0.611. The molecule has 0 aromatic heterocycles. The third-order valence-electron chi connectivity index (χ3n) is 5.22. The number of rotatable bonds is 8. The van der Waals surface area contributed by atoms with Crippen LogP contribution < -0.4 is 5.32 Å². The van der Waals surface area contributed by atoms with Crippen molar-refractivity contribution >= 4 is 0 Å². The topological polar surface area (TPSA) is 12.0 Å². The summed E-state index contributed by atoms with van der Waals surface area (Å²) in [6.07, 6.45) is 12.4. The molecule has 0 fully saturated rings. The van der Waals surface area contributed by atoms with Crippen molar-refractivity contribution in [3.63, 3.8) is 0 Å². The standard InChI is InChI=1S/C24H29N/c1-24(16-9-4-10-17-24)18-20-25-19-15-23(21-11-5-2-6-12-21)22-13-7-3-8-14-22/h2-14,16,23,25H,15,17-20H2,1H3. The predicted molar refractivity (Wildman–Crippen MR) is 108 cm³/mol. The van der Waals surface area contributed by atoms with Gasteiger partial charge in [-0.2, -0.15) is 0 Å². The minimum absolute atomic E-state index is 0.319. The second-order valence-corrected chi connectivity index (χ2v) is 7.31. The average Bonchev–Trinajstić information content (AvgIpc) is 2.66. The molecular weight excluding hydrogens is 302 g/mol. The smallest absolute Gasteiger partial charge is 0.0101 e. The highest BCUT2D eigenvalue weighted by Gasteiger charge is 2.20. The zero-order chi connectivity index (χ0) is 17.4. The Bertz CT molecular complexity index is 647. The van der Waals surface area contributed by atoms with Gasteiger partial charge in [-0.3, -0.25) is 0 Å². The number of allylic oxidation sites excluding steroid dienone is 4. The highest BCUT2D eigenvalue weighted by molar-refractivity contribution is 5.32. The molecular formula is C24H29N. The first-order valence-corrected chi connectivity index (χ1v) is 9.42. The van der Waals surface area contributed by atoms with Crippen LogP contribution in [0, 0.1) is 5.41 Å². The SMILES string of the molecule is CC1(CCNCCC(c2ccccc2)c2ccccc2)C=CC=CC1. The summed E-state index contributed by atoms with van der Waals surface area (Å²) in [7, 11) is 0. The van der Waals surface area contributed by atoms with Crippen LogP contribution in [0.25, 0.3) is 0 Å². The van der Waals surface area contributed by atoms with Crippen LogP contribution >= 0.6 is 0 Å². The van der Waals surface area contributed by atoms with Crippen molar-refractivity contribution in [2.75, 3.05) is 13.1 Å². The van der Waals surface area contributed by atoms with Crippen molar-refractivity contribution in [3.8, 4) is 0 Å². The van der Waals surface area contributed by atoms with Gasteiger partial charge >= 0.3 is 0 Å². The molecule has 1 aliphatic carbocycles. The Morgan fingerprint density at radius 2 is 1.52 bits per heavy atom. The zero-order valence-corrected chi connectivity index (χ0v) is 15.2. The fraction of sp³-hybridized carbons (Fsp3) is 0.333. The highest BCUT2D eigenvalue weighted by atomic mass is 14.8. The van der Waals surface area contributed by atoms with E-state index in [1.807, 2.05) is 0 Å². The molecule has 1 unspecified atom stereocenters. The molecule has 2 aromatic carbocycles. The zero-order valence-electron chi connectivity index (χ0n) is 15.2. The van der Waals surface area contributed by atoms with Gasteiger partial charge in [0.25, 0.3) is 0 Å². The van der Waals surface area contributed by atoms with E-state index in [0.29, 0.717) is 11.3 Å². The number of nitrogens with one attached hydrogen (secondary N) is 1. The summed E-state index contributed by atoms with van der Waals surface area (Å²) in [4.78, 5) is 0. The van der Waals surface area contributed by atoms with Gasteiger partial charge in [0.15, 0.2) is 0 Å². The summed E-state index contributed by atoms with van der Waals surface area (Å²) in [6, 6.07) is 21.7. The summed E-state index contributed by atoms with van der Waals surface area (Å²) in [5.74, 6) is 0.461. The van der Waals surface area contributed by atoms with Crippen LogP contribution in [0.5, 0.6) is 0 Å². The first-order valence-electron chi connectivity index (χ1n) is 9.42. The summed E-state index contributed by atoms with van der Waals surface area (Å²) < 4.78 is 0. The molecule has 1 atom stereocenters. The molecule has 0 aliphatic heterocycles. The maximum Gasteiger partial charge on any atom is 0.0101 e. The molecule has 0 bridgehead atoms. The lowest BCUT2D eigenvalue weighted by Gasteiger charge is -2.26. The molecule has 0 amide bonds. The molecule has 2 aromatic rings. The fourth-order valence-corrected chi connectivity index (χ4v) is 3.60. The Kier molecular flexibility index (Phi) is 6.25. The molecule has 0 spiro atoms. The molecule has 25 heavy (non-hydrogen) atoms. The minimum atomic E-state index is 0.319. The van der Waals surface area contributed by atoms with Gasteiger partial charge in [-0.05, 0) is 48.9 Å². The Labute approximate surface area is 152 Å². The molecule has 0 radical (unpaired) electrons. The normalized spacial score (nSPS) is 19.4. The lowest BCUT2D eigenvalue weighted by Crippen LogP contribution is -2.25. The lowest BCUT2D eigenvalue weighted by molar-refractivity contribution is 0.380. The van der Waals surface area contributed by atoms with E-state index < -0.39 is 0 Å². The number of benzene rings is 2. The van der Waals surface area contributed by atoms with E-state index in [0.717, 1.165) is 25.9 Å². The van der Waals surface area contributed by atoms with E-state index >= 15 is 0 Å². The number of hydrogen-bond donors (Lipinski definition) is 1. The maximum atomic E-state index is 3.67. The molecule has 0 heterocycles. The summed E-state index contributed by atoms with van der Waals surface area (Å²) >= 11 is 0. The van der Waals surface area contributed by atoms with Crippen LogP contribution in [-0.2, 0) is 0 Å². The van der Waals surface area contributed by atoms with Crippen LogP contribution in [0.1, 0.15) is 43.2 Å². The maximum absolute atomic E-state index is 3.67. The van der Waals surface area contributed by atoms with E-state index in [9.17, 15) is 0 Å². The van der Waals surface area contributed by atoms with E-state index in [1.165, 1.54) is 17.5 Å². The van der Waals surface area contributed by atoms with Gasteiger partial charge in [-0.25, -0.2) is 0 Å². The second-order valence-electron chi connectivity index (χ2n) is 7.31. The van der Waals surface area contributed by atoms with Gasteiger partial charge < -0.3 is 5.32 Å². The molecule has 1 heteroatoms. The Balaban J connectivity index is 1.53. The third kappa shape index (κ3) is 5.17. The van der Waals surface area contributed by atoms with Crippen molar-refractivity contribution in [1.29, 1.82) is 0 Å². The van der Waals surface area contributed by atoms with Crippen LogP contribution in [-0.4, -0.2) is 13.1 Å². The Hall–Kier alpha value is -2.12. The molecule has 3 rings (SSSR count). The molecule has 0 saturated heterocycles. The Morgan fingerprint density at radius 3 is 2.08 bits per heavy atom. The lowest BCUT2D eigenvalue weighted by atomic mass is 9.81. The van der Waals surface area contributed by atoms with Gasteiger partial charge in [0.2, 0.25) is 0 Å². The van der Waals surface area contributed by atoms with E-state index in [1.54, 1.807) is 0 Å². The fourth-order valence-electron chi connectivity index (χ4n) is 3.60. The van der Waals surface area contributed by atoms with Crippen LogP contribution in [0.2, 0.25) is 0 Å². The number of hydrogen-bond acceptors (Lipinski definition) is 1. The van der Waals surface area contributed by atoms with Crippen LogP contribution in [0.15, 0.2) is 85.0 Å². The highest BCUT2D eigenvalue weighted by Crippen LogP contribution is 2.30. The molecule has 1 N–H and O–H groups in total. The molecule has 1 nitrogen and oxygen atoms in total. The first kappa shape index (κ1) is 17.7. The summed E-state index contributed by atoms with van der Waals surface area (Å²) in [5.41, 5.74) is 3.13. The van der Waals surface area contributed by atoms with Crippen molar-refractivity contribution in [1.82, 2.24) is 5.32 Å². The van der Waals surface area contributed by atoms with Crippen molar-refractivity contribution in [2.24, 2.45) is 5.41 Å². The first-order chi connectivity index (χ1) is 12.3. The molecule has 1 aliphatic rings. The van der Waals surface area contributed by atoms with Gasteiger partial charge in [0.05, 0.1) is 0 Å². The molecule has 0 saturated carbocycles. The van der Waals surface area contributed by atoms with E-state index in [4.69, 9.17) is 0 Å². The van der Waals surface area contributed by atoms with Crippen molar-refractivity contribution in [2.45, 2.75) is 32.1 Å². The van der Waals surface area contributed by atoms with E-state index in [-0.39, 0.29) is 0 Å². The van der Waals surface area contributed by atoms with E-state index in [2.05, 4.69) is 97.2 Å². The molecule has 130 valence electrons. The summed E-state index contributed by atoms with van der Waals surface area (Å²) in [5, 5.41) is 3.67. The summed E-state index contributed by atoms with van der Waals surface area (Å²) in [6.45, 7) is 4.47. The minimum Gasteiger partial charge on any atom is -0.317 e. The van der Waals surface area contributed by atoms with Gasteiger partial charge in [-0.15, -0.1) is 0 Å². The Morgan fingerprint density at radius 1 is 0.880 bits per heavy atom. The van der Waals surface area contributed by atoms with Gasteiger partial charge in [0.1, 0.15) is 0 Å². The van der Waals surface area contributed by atoms with Crippen LogP contribution in [0.3, 0.4) is 0 Å². The van der Waals surface area contributed by atoms with Crippen molar-refractivity contribution in [3.05, 3.63) is 96.1 Å². The average molecular weight is 332 g/mol. The predicted octanol–water partition coefficient (Wildman–Crippen LogP) is 5.71. The third-order valence-corrected chi connectivity index (χ3v) is 5.22. The van der Waals surface area contributed by atoms with Crippen LogP contribution in [0.4, 0.5) is 0 Å². The monoisotopic (exact) mass is 331 g/mol. The largest absolute Gasteiger partial charge is 0.317 e. The van der Waals surface area contributed by atoms with Gasteiger partial charge in [-0.1, -0.05) is 91.9 Å².